The Bertz CT molecular complexity index is 1090. The van der Waals surface area contributed by atoms with E-state index in [9.17, 15) is 0 Å². The minimum atomic E-state index is 0.132. The summed E-state index contributed by atoms with van der Waals surface area (Å²) in [6, 6.07) is 22.7. The molecule has 0 atom stereocenters. The van der Waals surface area contributed by atoms with Gasteiger partial charge in [0.15, 0.2) is 18.2 Å². The molecule has 2 aromatic heterocycles. The van der Waals surface area contributed by atoms with Gasteiger partial charge in [0.25, 0.3) is 0 Å². The molecule has 2 heterocycles. The second kappa shape index (κ2) is 9.38. The van der Waals surface area contributed by atoms with Crippen molar-refractivity contribution in [3.8, 4) is 17.0 Å². The summed E-state index contributed by atoms with van der Waals surface area (Å²) in [4.78, 5) is 9.38. The van der Waals surface area contributed by atoms with Crippen LogP contribution < -0.4 is 10.5 Å². The second-order valence-electron chi connectivity index (χ2n) is 6.47. The molecule has 4 rings (SSSR count). The van der Waals surface area contributed by atoms with Crippen LogP contribution in [0.25, 0.3) is 11.3 Å². The maximum atomic E-state index is 6.00. The first-order valence-electron chi connectivity index (χ1n) is 9.36. The molecule has 0 saturated heterocycles. The van der Waals surface area contributed by atoms with Gasteiger partial charge in [0.2, 0.25) is 0 Å². The Hall–Kier alpha value is -4.13. The number of nitrogens with two attached hydrogens (primary N) is 1. The summed E-state index contributed by atoms with van der Waals surface area (Å²) in [7, 11) is 0. The Morgan fingerprint density at radius 3 is 2.57 bits per heavy atom. The Labute approximate surface area is 173 Å². The fraction of sp³-hybridized carbons (Fsp3) is 0.0870. The van der Waals surface area contributed by atoms with Gasteiger partial charge in [-0.05, 0) is 30.3 Å². The Morgan fingerprint density at radius 2 is 1.80 bits per heavy atom. The van der Waals surface area contributed by atoms with Gasteiger partial charge in [-0.1, -0.05) is 46.7 Å². The van der Waals surface area contributed by atoms with Crippen molar-refractivity contribution in [1.82, 2.24) is 10.1 Å². The number of ether oxygens (including phenoxy) is 1. The molecule has 0 aliphatic carbocycles. The van der Waals surface area contributed by atoms with E-state index in [0.29, 0.717) is 12.4 Å². The van der Waals surface area contributed by atoms with Crippen molar-refractivity contribution >= 4 is 5.84 Å². The third-order valence-corrected chi connectivity index (χ3v) is 4.28. The number of oxime groups is 1. The molecule has 7 heteroatoms. The summed E-state index contributed by atoms with van der Waals surface area (Å²) in [6.07, 6.45) is 3.50. The van der Waals surface area contributed by atoms with E-state index < -0.39 is 0 Å². The molecule has 0 bridgehead atoms. The predicted molar refractivity (Wildman–Crippen MR) is 112 cm³/mol. The molecule has 0 unspecified atom stereocenters. The molecule has 0 spiro atoms. The smallest absolute Gasteiger partial charge is 0.177 e. The van der Waals surface area contributed by atoms with E-state index in [2.05, 4.69) is 15.3 Å². The summed E-state index contributed by atoms with van der Waals surface area (Å²) in [5, 5.41) is 7.99. The molecule has 7 nitrogen and oxygen atoms in total. The zero-order valence-electron chi connectivity index (χ0n) is 16.1. The quantitative estimate of drug-likeness (QED) is 0.271. The lowest BCUT2D eigenvalue weighted by molar-refractivity contribution is 0.109. The summed E-state index contributed by atoms with van der Waals surface area (Å²) < 4.78 is 11.0. The van der Waals surface area contributed by atoms with Gasteiger partial charge in [0.05, 0.1) is 0 Å². The number of aromatic nitrogens is 2. The lowest BCUT2D eigenvalue weighted by Crippen LogP contribution is -2.13. The predicted octanol–water partition coefficient (Wildman–Crippen LogP) is 4.15. The minimum Gasteiger partial charge on any atom is -0.489 e. The van der Waals surface area contributed by atoms with E-state index in [0.717, 1.165) is 28.1 Å². The van der Waals surface area contributed by atoms with Crippen LogP contribution in [-0.2, 0) is 18.1 Å². The summed E-state index contributed by atoms with van der Waals surface area (Å²) in [6.45, 7) is 0.578. The first kappa shape index (κ1) is 19.2. The van der Waals surface area contributed by atoms with Gasteiger partial charge in [-0.3, -0.25) is 4.98 Å². The number of hydrogen-bond donors (Lipinski definition) is 1. The van der Waals surface area contributed by atoms with Gasteiger partial charge in [-0.2, -0.15) is 0 Å². The average molecular weight is 400 g/mol. The van der Waals surface area contributed by atoms with Gasteiger partial charge in [-0.15, -0.1) is 0 Å². The van der Waals surface area contributed by atoms with Crippen LogP contribution in [0.4, 0.5) is 0 Å². The molecule has 0 saturated carbocycles. The number of amidine groups is 1. The second-order valence-corrected chi connectivity index (χ2v) is 6.47. The molecule has 2 N–H and O–H groups in total. The maximum Gasteiger partial charge on any atom is 0.177 e. The van der Waals surface area contributed by atoms with Crippen molar-refractivity contribution in [3.05, 3.63) is 102 Å². The summed E-state index contributed by atoms with van der Waals surface area (Å²) in [5.74, 6) is 1.55. The average Bonchev–Trinajstić information content (AvgIpc) is 3.28. The van der Waals surface area contributed by atoms with Gasteiger partial charge in [0, 0.05) is 35.2 Å². The van der Waals surface area contributed by atoms with Crippen molar-refractivity contribution in [1.29, 1.82) is 0 Å². The Morgan fingerprint density at radius 1 is 0.967 bits per heavy atom. The molecule has 0 amide bonds. The molecule has 0 aliphatic heterocycles. The molecular formula is C23H20N4O3. The lowest BCUT2D eigenvalue weighted by atomic mass is 10.1. The minimum absolute atomic E-state index is 0.132. The fourth-order valence-corrected chi connectivity index (χ4v) is 2.72. The lowest BCUT2D eigenvalue weighted by Gasteiger charge is -2.07. The van der Waals surface area contributed by atoms with E-state index in [1.807, 2.05) is 72.8 Å². The van der Waals surface area contributed by atoms with Gasteiger partial charge >= 0.3 is 0 Å². The topological polar surface area (TPSA) is 95.8 Å². The maximum absolute atomic E-state index is 6.00. The van der Waals surface area contributed by atoms with Crippen molar-refractivity contribution in [3.63, 3.8) is 0 Å². The Kier molecular flexibility index (Phi) is 6.00. The molecule has 0 aliphatic rings. The highest BCUT2D eigenvalue weighted by atomic mass is 16.6. The molecule has 0 fully saturated rings. The number of hydrogen-bond acceptors (Lipinski definition) is 6. The molecular weight excluding hydrogens is 380 g/mol. The Balaban J connectivity index is 1.30. The molecule has 150 valence electrons. The van der Waals surface area contributed by atoms with Crippen LogP contribution in [0.15, 0.2) is 94.9 Å². The molecule has 2 aromatic carbocycles. The number of rotatable bonds is 8. The first-order chi connectivity index (χ1) is 14.8. The standard InChI is InChI=1S/C23H20N4O3/c24-23(19-8-10-20(11-9-19)28-15-17-5-4-12-25-14-17)27-29-16-21-13-22(26-30-21)18-6-2-1-3-7-18/h1-14H,15-16H2,(H2,24,27). The molecule has 4 aromatic rings. The van der Waals surface area contributed by atoms with Crippen LogP contribution in [0, 0.1) is 0 Å². The van der Waals surface area contributed by atoms with E-state index in [-0.39, 0.29) is 12.4 Å². The highest BCUT2D eigenvalue weighted by molar-refractivity contribution is 5.97. The van der Waals surface area contributed by atoms with Crippen LogP contribution in [0.3, 0.4) is 0 Å². The number of nitrogens with zero attached hydrogens (tertiary/aromatic N) is 3. The normalized spacial score (nSPS) is 11.3. The van der Waals surface area contributed by atoms with Crippen LogP contribution in [0.1, 0.15) is 16.9 Å². The highest BCUT2D eigenvalue weighted by Gasteiger charge is 2.07. The molecule has 30 heavy (non-hydrogen) atoms. The van der Waals surface area contributed by atoms with Crippen LogP contribution in [0.5, 0.6) is 5.75 Å². The van der Waals surface area contributed by atoms with Crippen LogP contribution in [0.2, 0.25) is 0 Å². The summed E-state index contributed by atoms with van der Waals surface area (Å²) in [5.41, 5.74) is 9.44. The van der Waals surface area contributed by atoms with Crippen molar-refractivity contribution in [2.75, 3.05) is 0 Å². The SMILES string of the molecule is N/C(=N/OCc1cc(-c2ccccc2)no1)c1ccc(OCc2cccnc2)cc1. The van der Waals surface area contributed by atoms with Gasteiger partial charge in [0.1, 0.15) is 18.1 Å². The van der Waals surface area contributed by atoms with E-state index >= 15 is 0 Å². The zero-order valence-corrected chi connectivity index (χ0v) is 16.1. The molecule has 0 radical (unpaired) electrons. The van der Waals surface area contributed by atoms with Gasteiger partial charge < -0.3 is 19.8 Å². The third kappa shape index (κ3) is 5.02. The van der Waals surface area contributed by atoms with E-state index in [4.69, 9.17) is 19.8 Å². The van der Waals surface area contributed by atoms with E-state index in [1.54, 1.807) is 12.4 Å². The fourth-order valence-electron chi connectivity index (χ4n) is 2.72. The van der Waals surface area contributed by atoms with Crippen molar-refractivity contribution < 1.29 is 14.1 Å². The van der Waals surface area contributed by atoms with Crippen molar-refractivity contribution in [2.45, 2.75) is 13.2 Å². The van der Waals surface area contributed by atoms with Gasteiger partial charge in [-0.25, -0.2) is 0 Å². The third-order valence-electron chi connectivity index (χ3n) is 4.28. The number of pyridine rings is 1. The zero-order chi connectivity index (χ0) is 20.6. The summed E-state index contributed by atoms with van der Waals surface area (Å²) >= 11 is 0. The van der Waals surface area contributed by atoms with Crippen LogP contribution >= 0.6 is 0 Å². The first-order valence-corrected chi connectivity index (χ1v) is 9.36. The monoisotopic (exact) mass is 400 g/mol. The number of benzene rings is 2. The van der Waals surface area contributed by atoms with Crippen LogP contribution in [-0.4, -0.2) is 16.0 Å². The van der Waals surface area contributed by atoms with Crippen molar-refractivity contribution in [2.24, 2.45) is 10.9 Å². The largest absolute Gasteiger partial charge is 0.489 e. The van der Waals surface area contributed by atoms with E-state index in [1.165, 1.54) is 0 Å². The highest BCUT2D eigenvalue weighted by Crippen LogP contribution is 2.19.